The molecule has 0 aromatic carbocycles. The third-order valence-electron chi connectivity index (χ3n) is 3.71. The summed E-state index contributed by atoms with van der Waals surface area (Å²) in [6, 6.07) is 1.50. The second kappa shape index (κ2) is 7.19. The summed E-state index contributed by atoms with van der Waals surface area (Å²) >= 11 is 0. The molecule has 6 heteroatoms. The maximum atomic E-state index is 14.0. The van der Waals surface area contributed by atoms with Crippen molar-refractivity contribution in [1.82, 2.24) is 10.3 Å². The lowest BCUT2D eigenvalue weighted by Crippen LogP contribution is -2.36. The first kappa shape index (κ1) is 14.7. The van der Waals surface area contributed by atoms with Crippen molar-refractivity contribution in [2.45, 2.75) is 51.0 Å². The predicted octanol–water partition coefficient (Wildman–Crippen LogP) is 2.35. The standard InChI is InChI=1S/C14H21FN4O/c15-12-11(8-9-17-13(12)19-16)14(20)18-10-6-4-2-1-3-5-7-10/h8-10H,1-7,16H2,(H,17,19)(H,18,20). The van der Waals surface area contributed by atoms with Crippen molar-refractivity contribution in [1.29, 1.82) is 0 Å². The number of rotatable bonds is 3. The second-order valence-electron chi connectivity index (χ2n) is 5.18. The summed E-state index contributed by atoms with van der Waals surface area (Å²) < 4.78 is 14.0. The van der Waals surface area contributed by atoms with Crippen LogP contribution in [0.15, 0.2) is 12.3 Å². The van der Waals surface area contributed by atoms with E-state index >= 15 is 0 Å². The Morgan fingerprint density at radius 1 is 1.25 bits per heavy atom. The number of halogens is 1. The van der Waals surface area contributed by atoms with E-state index in [-0.39, 0.29) is 17.4 Å². The quantitative estimate of drug-likeness (QED) is 0.586. The van der Waals surface area contributed by atoms with E-state index in [1.807, 2.05) is 0 Å². The minimum absolute atomic E-state index is 0.0185. The van der Waals surface area contributed by atoms with Crippen molar-refractivity contribution in [3.05, 3.63) is 23.6 Å². The third-order valence-corrected chi connectivity index (χ3v) is 3.71. The van der Waals surface area contributed by atoms with Gasteiger partial charge in [0.15, 0.2) is 11.6 Å². The average Bonchev–Trinajstić information content (AvgIpc) is 2.41. The Morgan fingerprint density at radius 3 is 2.55 bits per heavy atom. The number of aromatic nitrogens is 1. The SMILES string of the molecule is NNc1nccc(C(=O)NC2CCCCCCC2)c1F. The van der Waals surface area contributed by atoms with Gasteiger partial charge in [0.05, 0.1) is 5.56 Å². The van der Waals surface area contributed by atoms with Crippen molar-refractivity contribution in [3.8, 4) is 0 Å². The first-order valence-corrected chi connectivity index (χ1v) is 7.14. The van der Waals surface area contributed by atoms with E-state index in [0.29, 0.717) is 0 Å². The van der Waals surface area contributed by atoms with Gasteiger partial charge in [0.1, 0.15) is 0 Å². The van der Waals surface area contributed by atoms with Gasteiger partial charge < -0.3 is 10.7 Å². The van der Waals surface area contributed by atoms with Crippen molar-refractivity contribution >= 4 is 11.7 Å². The Labute approximate surface area is 118 Å². The van der Waals surface area contributed by atoms with Crippen LogP contribution in [-0.4, -0.2) is 16.9 Å². The van der Waals surface area contributed by atoms with E-state index in [4.69, 9.17) is 5.84 Å². The van der Waals surface area contributed by atoms with Crippen LogP contribution in [-0.2, 0) is 0 Å². The monoisotopic (exact) mass is 280 g/mol. The number of amides is 1. The van der Waals surface area contributed by atoms with Crippen LogP contribution in [0.25, 0.3) is 0 Å². The van der Waals surface area contributed by atoms with E-state index in [9.17, 15) is 9.18 Å². The number of pyridine rings is 1. The Morgan fingerprint density at radius 2 is 1.90 bits per heavy atom. The highest BCUT2D eigenvalue weighted by Crippen LogP contribution is 2.19. The van der Waals surface area contributed by atoms with Crippen LogP contribution in [0, 0.1) is 5.82 Å². The summed E-state index contributed by atoms with van der Waals surface area (Å²) in [6.45, 7) is 0. The van der Waals surface area contributed by atoms with Crippen molar-refractivity contribution in [2.24, 2.45) is 5.84 Å². The van der Waals surface area contributed by atoms with E-state index in [2.05, 4.69) is 15.7 Å². The van der Waals surface area contributed by atoms with Crippen LogP contribution in [0.2, 0.25) is 0 Å². The van der Waals surface area contributed by atoms with Crippen molar-refractivity contribution < 1.29 is 9.18 Å². The van der Waals surface area contributed by atoms with Crippen molar-refractivity contribution in [3.63, 3.8) is 0 Å². The van der Waals surface area contributed by atoms with Gasteiger partial charge in [0.2, 0.25) is 0 Å². The molecule has 0 aliphatic heterocycles. The molecule has 2 rings (SSSR count). The van der Waals surface area contributed by atoms with Gasteiger partial charge in [-0.05, 0) is 18.9 Å². The molecule has 1 heterocycles. The Balaban J connectivity index is 2.03. The molecule has 1 aliphatic rings. The fourth-order valence-electron chi connectivity index (χ4n) is 2.58. The van der Waals surface area contributed by atoms with Gasteiger partial charge in [-0.15, -0.1) is 0 Å². The molecule has 0 radical (unpaired) electrons. The van der Waals surface area contributed by atoms with E-state index in [1.54, 1.807) is 0 Å². The molecule has 0 unspecified atom stereocenters. The zero-order valence-corrected chi connectivity index (χ0v) is 11.5. The molecule has 110 valence electrons. The molecule has 1 saturated carbocycles. The average molecular weight is 280 g/mol. The maximum absolute atomic E-state index is 14.0. The molecular weight excluding hydrogens is 259 g/mol. The van der Waals surface area contributed by atoms with Gasteiger partial charge in [-0.3, -0.25) is 4.79 Å². The van der Waals surface area contributed by atoms with E-state index < -0.39 is 11.7 Å². The zero-order valence-electron chi connectivity index (χ0n) is 11.5. The van der Waals surface area contributed by atoms with Gasteiger partial charge >= 0.3 is 0 Å². The zero-order chi connectivity index (χ0) is 14.4. The number of anilines is 1. The molecule has 1 aromatic heterocycles. The van der Waals surface area contributed by atoms with Crippen LogP contribution in [0.1, 0.15) is 55.3 Å². The Bertz CT molecular complexity index is 458. The minimum Gasteiger partial charge on any atom is -0.349 e. The van der Waals surface area contributed by atoms with Crippen LogP contribution < -0.4 is 16.6 Å². The van der Waals surface area contributed by atoms with Gasteiger partial charge in [-0.2, -0.15) is 0 Å². The highest BCUT2D eigenvalue weighted by atomic mass is 19.1. The number of nitrogens with zero attached hydrogens (tertiary/aromatic N) is 1. The van der Waals surface area contributed by atoms with E-state index in [1.165, 1.54) is 31.5 Å². The van der Waals surface area contributed by atoms with E-state index in [0.717, 1.165) is 25.7 Å². The van der Waals surface area contributed by atoms with Crippen LogP contribution in [0.4, 0.5) is 10.2 Å². The molecule has 1 aliphatic carbocycles. The molecule has 1 fully saturated rings. The number of nitrogens with one attached hydrogen (secondary N) is 2. The molecule has 0 spiro atoms. The predicted molar refractivity (Wildman–Crippen MR) is 75.6 cm³/mol. The van der Waals surface area contributed by atoms with Crippen molar-refractivity contribution in [2.75, 3.05) is 5.43 Å². The summed E-state index contributed by atoms with van der Waals surface area (Å²) in [6.07, 6.45) is 9.19. The summed E-state index contributed by atoms with van der Waals surface area (Å²) in [5.74, 6) is 3.94. The number of nitrogen functional groups attached to an aromatic ring is 1. The molecule has 1 amide bonds. The molecule has 1 aromatic rings. The number of hydrogen-bond acceptors (Lipinski definition) is 4. The largest absolute Gasteiger partial charge is 0.349 e. The fraction of sp³-hybridized carbons (Fsp3) is 0.571. The van der Waals surface area contributed by atoms with Gasteiger partial charge in [0.25, 0.3) is 5.91 Å². The highest BCUT2D eigenvalue weighted by Gasteiger charge is 2.19. The second-order valence-corrected chi connectivity index (χ2v) is 5.18. The van der Waals surface area contributed by atoms with Crippen LogP contribution in [0.5, 0.6) is 0 Å². The number of hydrazine groups is 1. The molecule has 4 N–H and O–H groups in total. The summed E-state index contributed by atoms with van der Waals surface area (Å²) in [4.78, 5) is 15.9. The number of hydrogen-bond donors (Lipinski definition) is 3. The molecule has 0 atom stereocenters. The lowest BCUT2D eigenvalue weighted by Gasteiger charge is -2.21. The Kier molecular flexibility index (Phi) is 5.29. The summed E-state index contributed by atoms with van der Waals surface area (Å²) in [7, 11) is 0. The third kappa shape index (κ3) is 3.66. The lowest BCUT2D eigenvalue weighted by atomic mass is 9.96. The highest BCUT2D eigenvalue weighted by molar-refractivity contribution is 5.95. The molecule has 5 nitrogen and oxygen atoms in total. The Hall–Kier alpha value is -1.69. The first-order valence-electron chi connectivity index (χ1n) is 7.14. The van der Waals surface area contributed by atoms with Gasteiger partial charge in [0, 0.05) is 12.2 Å². The molecule has 0 bridgehead atoms. The van der Waals surface area contributed by atoms with Gasteiger partial charge in [-0.25, -0.2) is 15.2 Å². The number of carbonyl (C=O) groups excluding carboxylic acids is 1. The molecule has 20 heavy (non-hydrogen) atoms. The summed E-state index contributed by atoms with van der Waals surface area (Å²) in [5.41, 5.74) is 2.13. The maximum Gasteiger partial charge on any atom is 0.254 e. The van der Waals surface area contributed by atoms with Gasteiger partial charge in [-0.1, -0.05) is 32.1 Å². The smallest absolute Gasteiger partial charge is 0.254 e. The summed E-state index contributed by atoms with van der Waals surface area (Å²) in [5, 5.41) is 2.92. The topological polar surface area (TPSA) is 80.0 Å². The normalized spacial score (nSPS) is 17.1. The fourth-order valence-corrected chi connectivity index (χ4v) is 2.58. The lowest BCUT2D eigenvalue weighted by molar-refractivity contribution is 0.0926. The number of nitrogens with two attached hydrogens (primary N) is 1. The number of carbonyl (C=O) groups is 1. The molecule has 0 saturated heterocycles. The first-order chi connectivity index (χ1) is 9.72. The minimum atomic E-state index is -0.710. The molecular formula is C14H21FN4O. The van der Waals surface area contributed by atoms with Crippen LogP contribution in [0.3, 0.4) is 0 Å². The van der Waals surface area contributed by atoms with Crippen LogP contribution >= 0.6 is 0 Å².